The third-order valence-electron chi connectivity index (χ3n) is 2.74. The van der Waals surface area contributed by atoms with E-state index in [0.29, 0.717) is 0 Å². The van der Waals surface area contributed by atoms with Gasteiger partial charge in [-0.05, 0) is 0 Å². The molecule has 0 radical (unpaired) electrons. The summed E-state index contributed by atoms with van der Waals surface area (Å²) in [6, 6.07) is 0. The third kappa shape index (κ3) is 9.30. The Hall–Kier alpha value is -0.417. The van der Waals surface area contributed by atoms with Crippen LogP contribution in [0, 0.1) is 12.2 Å². The van der Waals surface area contributed by atoms with Crippen LogP contribution in [0.5, 0.6) is 0 Å². The SMILES string of the molecule is CC1=[C-]C=CCCC1.CC1=[C-]C=CCCC1.[Ru+2]. The minimum absolute atomic E-state index is 0. The molecular weight excluding hydrogens is 293 g/mol. The van der Waals surface area contributed by atoms with E-state index in [2.05, 4.69) is 38.2 Å². The summed E-state index contributed by atoms with van der Waals surface area (Å²) in [4.78, 5) is 0. The van der Waals surface area contributed by atoms with Crippen LogP contribution in [0.15, 0.2) is 35.5 Å². The largest absolute Gasteiger partial charge is 2.00 e. The van der Waals surface area contributed by atoms with Crippen LogP contribution in [0.25, 0.3) is 0 Å². The molecule has 0 atom stereocenters. The number of hydrogen-bond donors (Lipinski definition) is 0. The van der Waals surface area contributed by atoms with Crippen molar-refractivity contribution < 1.29 is 19.5 Å². The van der Waals surface area contributed by atoms with Crippen LogP contribution in [-0.4, -0.2) is 0 Å². The second-order valence-electron chi connectivity index (χ2n) is 4.44. The predicted molar refractivity (Wildman–Crippen MR) is 70.8 cm³/mol. The molecule has 0 aromatic heterocycles. The van der Waals surface area contributed by atoms with Crippen LogP contribution in [0.4, 0.5) is 0 Å². The number of hydrogen-bond acceptors (Lipinski definition) is 0. The van der Waals surface area contributed by atoms with Crippen molar-refractivity contribution in [2.45, 2.75) is 52.4 Å². The van der Waals surface area contributed by atoms with E-state index in [1.807, 2.05) is 12.2 Å². The smallest absolute Gasteiger partial charge is 0.252 e. The Morgan fingerprint density at radius 2 is 1.24 bits per heavy atom. The Morgan fingerprint density at radius 1 is 0.824 bits per heavy atom. The van der Waals surface area contributed by atoms with Gasteiger partial charge in [-0.2, -0.15) is 11.1 Å². The summed E-state index contributed by atoms with van der Waals surface area (Å²) in [5.41, 5.74) is 2.78. The van der Waals surface area contributed by atoms with E-state index in [-0.39, 0.29) is 19.5 Å². The predicted octanol–water partition coefficient (Wildman–Crippen LogP) is 4.95. The molecule has 0 unspecified atom stereocenters. The van der Waals surface area contributed by atoms with Gasteiger partial charge in [0, 0.05) is 0 Å². The summed E-state index contributed by atoms with van der Waals surface area (Å²) in [5, 5.41) is 0. The molecule has 1 heteroatoms. The van der Waals surface area contributed by atoms with Gasteiger partial charge in [-0.1, -0.05) is 39.5 Å². The van der Waals surface area contributed by atoms with Crippen molar-refractivity contribution in [1.82, 2.24) is 0 Å². The van der Waals surface area contributed by atoms with E-state index in [0.717, 1.165) is 0 Å². The molecule has 0 heterocycles. The van der Waals surface area contributed by atoms with Crippen LogP contribution in [0.3, 0.4) is 0 Å². The molecule has 0 bridgehead atoms. The Morgan fingerprint density at radius 3 is 1.65 bits per heavy atom. The summed E-state index contributed by atoms with van der Waals surface area (Å²) in [5.74, 6) is 0. The van der Waals surface area contributed by atoms with E-state index in [4.69, 9.17) is 0 Å². The zero-order chi connectivity index (χ0) is 11.6. The third-order valence-corrected chi connectivity index (χ3v) is 2.74. The van der Waals surface area contributed by atoms with Crippen LogP contribution in [0.1, 0.15) is 52.4 Å². The first kappa shape index (κ1) is 16.6. The topological polar surface area (TPSA) is 0 Å². The first-order valence-electron chi connectivity index (χ1n) is 6.27. The minimum atomic E-state index is 0. The van der Waals surface area contributed by atoms with Crippen LogP contribution >= 0.6 is 0 Å². The maximum Gasteiger partial charge on any atom is 2.00 e. The van der Waals surface area contributed by atoms with E-state index >= 15 is 0 Å². The fourth-order valence-electron chi connectivity index (χ4n) is 1.68. The van der Waals surface area contributed by atoms with Gasteiger partial charge in [-0.25, -0.2) is 24.3 Å². The molecule has 94 valence electrons. The summed E-state index contributed by atoms with van der Waals surface area (Å²) < 4.78 is 0. The van der Waals surface area contributed by atoms with Gasteiger partial charge in [0.1, 0.15) is 0 Å². The van der Waals surface area contributed by atoms with Crippen LogP contribution in [-0.2, 0) is 19.5 Å². The zero-order valence-corrected chi connectivity index (χ0v) is 12.6. The van der Waals surface area contributed by atoms with Crippen LogP contribution < -0.4 is 0 Å². The van der Waals surface area contributed by atoms with Gasteiger partial charge in [-0.3, -0.25) is 12.2 Å². The summed E-state index contributed by atoms with van der Waals surface area (Å²) in [6.45, 7) is 4.27. The summed E-state index contributed by atoms with van der Waals surface area (Å²) in [6.07, 6.45) is 22.3. The maximum absolute atomic E-state index is 3.18. The van der Waals surface area contributed by atoms with Gasteiger partial charge in [0.2, 0.25) is 0 Å². The molecule has 0 saturated heterocycles. The molecule has 0 N–H and O–H groups in total. The zero-order valence-electron chi connectivity index (χ0n) is 10.9. The van der Waals surface area contributed by atoms with Crippen molar-refractivity contribution in [2.75, 3.05) is 0 Å². The Bertz CT molecular complexity index is 273. The van der Waals surface area contributed by atoms with Crippen molar-refractivity contribution in [3.8, 4) is 0 Å². The number of allylic oxidation sites excluding steroid dienone is 8. The average Bonchev–Trinajstić information content (AvgIpc) is 2.64. The molecule has 17 heavy (non-hydrogen) atoms. The van der Waals surface area contributed by atoms with Gasteiger partial charge in [0.15, 0.2) is 0 Å². The monoisotopic (exact) mass is 316 g/mol. The second-order valence-corrected chi connectivity index (χ2v) is 4.44. The van der Waals surface area contributed by atoms with Gasteiger partial charge in [0.25, 0.3) is 0 Å². The Kier molecular flexibility index (Phi) is 10.5. The van der Waals surface area contributed by atoms with E-state index in [1.165, 1.54) is 49.7 Å². The van der Waals surface area contributed by atoms with Crippen molar-refractivity contribution >= 4 is 0 Å². The molecular formula is C16H22Ru. The van der Waals surface area contributed by atoms with Crippen molar-refractivity contribution in [3.63, 3.8) is 0 Å². The van der Waals surface area contributed by atoms with E-state index in [9.17, 15) is 0 Å². The second kappa shape index (κ2) is 10.7. The Balaban J connectivity index is 0.000000284. The average molecular weight is 315 g/mol. The summed E-state index contributed by atoms with van der Waals surface area (Å²) >= 11 is 0. The molecule has 0 aromatic rings. The standard InChI is InChI=1S/2C8H11.Ru/c2*1-8-6-4-2-3-5-7-8;/h2*2,4H,3,5,7H2,1H3;/q2*-1;+2. The molecule has 0 amide bonds. The molecule has 0 aliphatic heterocycles. The molecule has 2 rings (SSSR count). The van der Waals surface area contributed by atoms with Crippen molar-refractivity contribution in [2.24, 2.45) is 0 Å². The Labute approximate surface area is 119 Å². The molecule has 0 fully saturated rings. The van der Waals surface area contributed by atoms with Gasteiger partial charge in [0.05, 0.1) is 0 Å². The first-order chi connectivity index (χ1) is 7.79. The van der Waals surface area contributed by atoms with Crippen molar-refractivity contribution in [1.29, 1.82) is 0 Å². The van der Waals surface area contributed by atoms with Gasteiger partial charge < -0.3 is 0 Å². The number of rotatable bonds is 0. The molecule has 2 aliphatic carbocycles. The molecule has 0 nitrogen and oxygen atoms in total. The molecule has 0 aromatic carbocycles. The van der Waals surface area contributed by atoms with Crippen LogP contribution in [0.2, 0.25) is 0 Å². The van der Waals surface area contributed by atoms with E-state index in [1.54, 1.807) is 0 Å². The quantitative estimate of drug-likeness (QED) is 0.438. The minimum Gasteiger partial charge on any atom is -0.252 e. The fourth-order valence-corrected chi connectivity index (χ4v) is 1.68. The summed E-state index contributed by atoms with van der Waals surface area (Å²) in [7, 11) is 0. The van der Waals surface area contributed by atoms with Gasteiger partial charge >= 0.3 is 19.5 Å². The van der Waals surface area contributed by atoms with Crippen molar-refractivity contribution in [3.05, 3.63) is 47.6 Å². The maximum atomic E-state index is 3.18. The normalized spacial score (nSPS) is 18.7. The van der Waals surface area contributed by atoms with Gasteiger partial charge in [-0.15, -0.1) is 12.8 Å². The molecule has 0 saturated carbocycles. The first-order valence-corrected chi connectivity index (χ1v) is 6.27. The fraction of sp³-hybridized carbons (Fsp3) is 0.500. The molecule has 0 spiro atoms. The van der Waals surface area contributed by atoms with E-state index < -0.39 is 0 Å². The molecule has 2 aliphatic rings.